The summed E-state index contributed by atoms with van der Waals surface area (Å²) in [5.74, 6) is 0.517. The van der Waals surface area contributed by atoms with Crippen LogP contribution in [0.1, 0.15) is 26.7 Å². The molecule has 1 unspecified atom stereocenters. The molecule has 0 radical (unpaired) electrons. The summed E-state index contributed by atoms with van der Waals surface area (Å²) in [5.41, 5.74) is 0. The topological polar surface area (TPSA) is 38.8 Å². The van der Waals surface area contributed by atoms with Gasteiger partial charge in [-0.25, -0.2) is 0 Å². The monoisotopic (exact) mass is 184 g/mol. The number of hydrogen-bond acceptors (Lipinski definition) is 3. The third-order valence-corrected chi connectivity index (χ3v) is 2.61. The number of fused-ring (bicyclic) bond motifs is 1. The normalized spacial score (nSPS) is 36.1. The molecular formula is C10H16O3. The summed E-state index contributed by atoms with van der Waals surface area (Å²) in [5, 5.41) is 0. The van der Waals surface area contributed by atoms with Gasteiger partial charge in [0.25, 0.3) is 0 Å². The van der Waals surface area contributed by atoms with Crippen molar-refractivity contribution in [1.82, 2.24) is 0 Å². The van der Waals surface area contributed by atoms with Gasteiger partial charge in [-0.1, -0.05) is 13.8 Å². The molecule has 3 nitrogen and oxygen atoms in total. The highest BCUT2D eigenvalue weighted by Crippen LogP contribution is 2.42. The Morgan fingerprint density at radius 3 is 2.62 bits per heavy atom. The van der Waals surface area contributed by atoms with Gasteiger partial charge in [-0.15, -0.1) is 0 Å². The van der Waals surface area contributed by atoms with Gasteiger partial charge in [0.2, 0.25) is 0 Å². The summed E-state index contributed by atoms with van der Waals surface area (Å²) in [6.45, 7) is 4.64. The van der Waals surface area contributed by atoms with E-state index in [1.54, 1.807) is 0 Å². The van der Waals surface area contributed by atoms with Gasteiger partial charge in [0.05, 0.1) is 24.7 Å². The average Bonchev–Trinajstić information content (AvgIpc) is 2.69. The van der Waals surface area contributed by atoms with Crippen LogP contribution in [-0.2, 0) is 14.3 Å². The maximum absolute atomic E-state index is 11.4. The van der Waals surface area contributed by atoms with Crippen molar-refractivity contribution in [3.63, 3.8) is 0 Å². The van der Waals surface area contributed by atoms with Gasteiger partial charge < -0.3 is 9.47 Å². The molecule has 74 valence electrons. The molecule has 1 saturated carbocycles. The first kappa shape index (κ1) is 9.00. The highest BCUT2D eigenvalue weighted by atomic mass is 16.6. The second kappa shape index (κ2) is 3.29. The maximum Gasteiger partial charge on any atom is 0.309 e. The Kier molecular flexibility index (Phi) is 2.28. The summed E-state index contributed by atoms with van der Waals surface area (Å²) in [7, 11) is 0. The van der Waals surface area contributed by atoms with E-state index in [4.69, 9.17) is 9.47 Å². The summed E-state index contributed by atoms with van der Waals surface area (Å²) in [6.07, 6.45) is 2.50. The van der Waals surface area contributed by atoms with Crippen LogP contribution in [0.25, 0.3) is 0 Å². The van der Waals surface area contributed by atoms with Crippen LogP contribution in [0.4, 0.5) is 0 Å². The van der Waals surface area contributed by atoms with Crippen molar-refractivity contribution in [2.45, 2.75) is 38.9 Å². The summed E-state index contributed by atoms with van der Waals surface area (Å²) in [4.78, 5) is 11.4. The van der Waals surface area contributed by atoms with E-state index in [2.05, 4.69) is 0 Å². The van der Waals surface area contributed by atoms with Crippen LogP contribution >= 0.6 is 0 Å². The number of esters is 1. The standard InChI is InChI=1S/C10H16O3/c1-6(2)5-12-10(11)7-3-8-9(4-7)13-8/h6-9H,3-5H2,1-2H3/t7?,8-,9+. The number of epoxide rings is 1. The van der Waals surface area contributed by atoms with Crippen LogP contribution in [0.3, 0.4) is 0 Å². The second-order valence-electron chi connectivity index (χ2n) is 4.41. The van der Waals surface area contributed by atoms with E-state index in [1.807, 2.05) is 13.8 Å². The van der Waals surface area contributed by atoms with Crippen molar-refractivity contribution in [2.24, 2.45) is 11.8 Å². The van der Waals surface area contributed by atoms with Gasteiger partial charge in [0.1, 0.15) is 0 Å². The minimum Gasteiger partial charge on any atom is -0.465 e. The van der Waals surface area contributed by atoms with E-state index in [-0.39, 0.29) is 11.9 Å². The number of rotatable bonds is 3. The Labute approximate surface area is 78.4 Å². The van der Waals surface area contributed by atoms with E-state index >= 15 is 0 Å². The molecule has 2 fully saturated rings. The quantitative estimate of drug-likeness (QED) is 0.491. The Hall–Kier alpha value is -0.570. The predicted molar refractivity (Wildman–Crippen MR) is 47.2 cm³/mol. The highest BCUT2D eigenvalue weighted by Gasteiger charge is 2.50. The van der Waals surface area contributed by atoms with Gasteiger partial charge >= 0.3 is 5.97 Å². The molecule has 1 saturated heterocycles. The molecule has 2 rings (SSSR count). The fourth-order valence-electron chi connectivity index (χ4n) is 1.81. The first-order chi connectivity index (χ1) is 6.16. The SMILES string of the molecule is CC(C)COC(=O)C1C[C@@H]2O[C@@H]2C1. The molecule has 1 aliphatic carbocycles. The van der Waals surface area contributed by atoms with E-state index in [0.29, 0.717) is 24.7 Å². The molecule has 0 aromatic rings. The Balaban J connectivity index is 1.71. The Bertz CT molecular complexity index is 202. The fraction of sp³-hybridized carbons (Fsp3) is 0.900. The number of hydrogen-bond donors (Lipinski definition) is 0. The third kappa shape index (κ3) is 2.02. The smallest absolute Gasteiger partial charge is 0.309 e. The van der Waals surface area contributed by atoms with Gasteiger partial charge in [0, 0.05) is 0 Å². The van der Waals surface area contributed by atoms with Crippen LogP contribution in [0.2, 0.25) is 0 Å². The molecule has 0 bridgehead atoms. The van der Waals surface area contributed by atoms with Gasteiger partial charge in [-0.05, 0) is 18.8 Å². The lowest BCUT2D eigenvalue weighted by Gasteiger charge is -2.12. The summed E-state index contributed by atoms with van der Waals surface area (Å²) in [6, 6.07) is 0. The van der Waals surface area contributed by atoms with E-state index in [9.17, 15) is 4.79 Å². The lowest BCUT2D eigenvalue weighted by Crippen LogP contribution is -2.19. The second-order valence-corrected chi connectivity index (χ2v) is 4.41. The zero-order valence-electron chi connectivity index (χ0n) is 8.16. The lowest BCUT2D eigenvalue weighted by molar-refractivity contribution is -0.150. The molecule has 1 heterocycles. The molecule has 0 N–H and O–H groups in total. The molecule has 3 heteroatoms. The maximum atomic E-state index is 11.4. The van der Waals surface area contributed by atoms with Crippen LogP contribution in [0, 0.1) is 11.8 Å². The zero-order valence-corrected chi connectivity index (χ0v) is 8.16. The predicted octanol–water partition coefficient (Wildman–Crippen LogP) is 1.36. The molecular weight excluding hydrogens is 168 g/mol. The number of carbonyl (C=O) groups excluding carboxylic acids is 1. The zero-order chi connectivity index (χ0) is 9.42. The first-order valence-corrected chi connectivity index (χ1v) is 4.99. The van der Waals surface area contributed by atoms with Crippen molar-refractivity contribution in [1.29, 1.82) is 0 Å². The largest absolute Gasteiger partial charge is 0.465 e. The van der Waals surface area contributed by atoms with Gasteiger partial charge in [-0.3, -0.25) is 4.79 Å². The van der Waals surface area contributed by atoms with Crippen LogP contribution in [0.15, 0.2) is 0 Å². The van der Waals surface area contributed by atoms with Crippen molar-refractivity contribution >= 4 is 5.97 Å². The highest BCUT2D eigenvalue weighted by molar-refractivity contribution is 5.73. The van der Waals surface area contributed by atoms with Crippen molar-refractivity contribution < 1.29 is 14.3 Å². The van der Waals surface area contributed by atoms with E-state index in [0.717, 1.165) is 12.8 Å². The van der Waals surface area contributed by atoms with Crippen LogP contribution in [0.5, 0.6) is 0 Å². The molecule has 1 aliphatic heterocycles. The van der Waals surface area contributed by atoms with Crippen molar-refractivity contribution in [2.75, 3.05) is 6.61 Å². The minimum absolute atomic E-state index is 0.0236. The average molecular weight is 184 g/mol. The third-order valence-electron chi connectivity index (χ3n) is 2.61. The first-order valence-electron chi connectivity index (χ1n) is 4.99. The molecule has 2 aliphatic rings. The number of ether oxygens (including phenoxy) is 2. The van der Waals surface area contributed by atoms with Crippen LogP contribution in [-0.4, -0.2) is 24.8 Å². The molecule has 0 aromatic heterocycles. The lowest BCUT2D eigenvalue weighted by atomic mass is 10.1. The Morgan fingerprint density at radius 1 is 1.46 bits per heavy atom. The van der Waals surface area contributed by atoms with Crippen molar-refractivity contribution in [3.05, 3.63) is 0 Å². The van der Waals surface area contributed by atoms with Gasteiger partial charge in [-0.2, -0.15) is 0 Å². The molecule has 0 spiro atoms. The molecule has 13 heavy (non-hydrogen) atoms. The summed E-state index contributed by atoms with van der Waals surface area (Å²) < 4.78 is 10.4. The molecule has 0 aromatic carbocycles. The van der Waals surface area contributed by atoms with Gasteiger partial charge in [0.15, 0.2) is 0 Å². The summed E-state index contributed by atoms with van der Waals surface area (Å²) >= 11 is 0. The molecule has 3 atom stereocenters. The van der Waals surface area contributed by atoms with Crippen molar-refractivity contribution in [3.8, 4) is 0 Å². The van der Waals surface area contributed by atoms with E-state index in [1.165, 1.54) is 0 Å². The number of carbonyl (C=O) groups is 1. The fourth-order valence-corrected chi connectivity index (χ4v) is 1.81. The minimum atomic E-state index is -0.0236. The molecule has 0 amide bonds. The Morgan fingerprint density at radius 2 is 2.08 bits per heavy atom. The van der Waals surface area contributed by atoms with E-state index < -0.39 is 0 Å². The van der Waals surface area contributed by atoms with Crippen LogP contribution < -0.4 is 0 Å².